The molecule has 5 nitrogen and oxygen atoms in total. The molecule has 2 aromatic rings. The van der Waals surface area contributed by atoms with Crippen molar-refractivity contribution in [3.05, 3.63) is 59.3 Å². The number of aliphatic carboxylic acids is 1. The fraction of sp³-hybridized carbons (Fsp3) is 0.0625. The van der Waals surface area contributed by atoms with Crippen molar-refractivity contribution in [2.24, 2.45) is 0 Å². The monoisotopic (exact) mass is 280 g/mol. The summed E-state index contributed by atoms with van der Waals surface area (Å²) in [7, 11) is 0. The molecule has 0 bridgehead atoms. The molecule has 5 heteroatoms. The van der Waals surface area contributed by atoms with E-state index in [2.05, 4.69) is 11.1 Å². The highest BCUT2D eigenvalue weighted by Gasteiger charge is 2.07. The van der Waals surface area contributed by atoms with Gasteiger partial charge in [-0.1, -0.05) is 12.1 Å². The number of aryl methyl sites for hydroxylation is 1. The van der Waals surface area contributed by atoms with Crippen LogP contribution < -0.4 is 4.74 Å². The molecule has 2 rings (SSSR count). The minimum atomic E-state index is -1.02. The molecule has 0 fully saturated rings. The van der Waals surface area contributed by atoms with Crippen molar-refractivity contribution < 1.29 is 14.6 Å². The molecular formula is C16H12N2O3. The van der Waals surface area contributed by atoms with Crippen LogP contribution in [-0.2, 0) is 4.79 Å². The summed E-state index contributed by atoms with van der Waals surface area (Å²) in [4.78, 5) is 14.6. The van der Waals surface area contributed by atoms with Gasteiger partial charge in [-0.05, 0) is 36.8 Å². The van der Waals surface area contributed by atoms with Gasteiger partial charge in [0.2, 0.25) is 5.88 Å². The van der Waals surface area contributed by atoms with Crippen LogP contribution in [0.1, 0.15) is 16.7 Å². The Labute approximate surface area is 121 Å². The maximum absolute atomic E-state index is 10.5. The Morgan fingerprint density at radius 3 is 2.86 bits per heavy atom. The molecule has 1 aromatic carbocycles. The van der Waals surface area contributed by atoms with Crippen molar-refractivity contribution >= 4 is 12.0 Å². The maximum atomic E-state index is 10.5. The lowest BCUT2D eigenvalue weighted by molar-refractivity contribution is -0.131. The van der Waals surface area contributed by atoms with Crippen LogP contribution in [0.15, 0.2) is 42.6 Å². The summed E-state index contributed by atoms with van der Waals surface area (Å²) in [5.74, 6) is -0.203. The number of carbonyl (C=O) groups is 1. The van der Waals surface area contributed by atoms with E-state index in [1.54, 1.807) is 37.3 Å². The van der Waals surface area contributed by atoms with Crippen LogP contribution >= 0.6 is 0 Å². The maximum Gasteiger partial charge on any atom is 0.328 e. The Kier molecular flexibility index (Phi) is 4.32. The Bertz CT molecular complexity index is 745. The number of hydrogen-bond acceptors (Lipinski definition) is 4. The summed E-state index contributed by atoms with van der Waals surface area (Å²) >= 11 is 0. The lowest BCUT2D eigenvalue weighted by Crippen LogP contribution is -1.94. The molecule has 0 aliphatic carbocycles. The van der Waals surface area contributed by atoms with Gasteiger partial charge in [0.1, 0.15) is 11.8 Å². The average Bonchev–Trinajstić information content (AvgIpc) is 2.48. The zero-order valence-corrected chi connectivity index (χ0v) is 11.3. The van der Waals surface area contributed by atoms with E-state index in [1.807, 2.05) is 0 Å². The van der Waals surface area contributed by atoms with Gasteiger partial charge in [-0.2, -0.15) is 5.26 Å². The predicted octanol–water partition coefficient (Wildman–Crippen LogP) is 3.15. The van der Waals surface area contributed by atoms with Gasteiger partial charge in [0.25, 0.3) is 0 Å². The largest absolute Gasteiger partial charge is 0.478 e. The van der Waals surface area contributed by atoms with Gasteiger partial charge >= 0.3 is 5.97 Å². The number of nitriles is 1. The summed E-state index contributed by atoms with van der Waals surface area (Å²) < 4.78 is 5.64. The Morgan fingerprint density at radius 2 is 2.19 bits per heavy atom. The number of ether oxygens (including phenoxy) is 1. The summed E-state index contributed by atoms with van der Waals surface area (Å²) in [6, 6.07) is 10.7. The first kappa shape index (κ1) is 14.3. The van der Waals surface area contributed by atoms with Gasteiger partial charge < -0.3 is 9.84 Å². The minimum Gasteiger partial charge on any atom is -0.478 e. The number of rotatable bonds is 4. The van der Waals surface area contributed by atoms with E-state index >= 15 is 0 Å². The molecule has 0 aliphatic heterocycles. The first-order chi connectivity index (χ1) is 10.1. The highest BCUT2D eigenvalue weighted by Crippen LogP contribution is 2.26. The normalized spacial score (nSPS) is 10.3. The molecule has 1 aromatic heterocycles. The molecule has 0 saturated heterocycles. The highest BCUT2D eigenvalue weighted by molar-refractivity contribution is 5.85. The topological polar surface area (TPSA) is 83.2 Å². The SMILES string of the molecule is Cc1cc(/C=C/C(=O)O)cnc1Oc1ccccc1C#N. The van der Waals surface area contributed by atoms with Crippen molar-refractivity contribution in [3.8, 4) is 17.7 Å². The van der Waals surface area contributed by atoms with Crippen LogP contribution in [-0.4, -0.2) is 16.1 Å². The van der Waals surface area contributed by atoms with E-state index in [1.165, 1.54) is 12.3 Å². The second kappa shape index (κ2) is 6.35. The van der Waals surface area contributed by atoms with E-state index in [9.17, 15) is 4.79 Å². The number of carboxylic acid groups (broad SMARTS) is 1. The zero-order valence-electron chi connectivity index (χ0n) is 11.3. The van der Waals surface area contributed by atoms with Gasteiger partial charge in [0, 0.05) is 17.8 Å². The van der Waals surface area contributed by atoms with Crippen LogP contribution in [0.3, 0.4) is 0 Å². The van der Waals surface area contributed by atoms with Crippen molar-refractivity contribution in [3.63, 3.8) is 0 Å². The second-order valence-corrected chi connectivity index (χ2v) is 4.27. The molecule has 21 heavy (non-hydrogen) atoms. The third kappa shape index (κ3) is 3.67. The van der Waals surface area contributed by atoms with Gasteiger partial charge in [0.05, 0.1) is 5.56 Å². The van der Waals surface area contributed by atoms with Gasteiger partial charge in [-0.3, -0.25) is 0 Å². The number of pyridine rings is 1. The van der Waals surface area contributed by atoms with Crippen LogP contribution in [0, 0.1) is 18.3 Å². The Hall–Kier alpha value is -3.13. The van der Waals surface area contributed by atoms with E-state index in [0.717, 1.165) is 11.6 Å². The number of para-hydroxylation sites is 1. The third-order valence-electron chi connectivity index (χ3n) is 2.68. The fourth-order valence-electron chi connectivity index (χ4n) is 1.70. The molecule has 0 saturated carbocycles. The predicted molar refractivity (Wildman–Crippen MR) is 76.9 cm³/mol. The van der Waals surface area contributed by atoms with E-state index in [0.29, 0.717) is 22.8 Å². The molecule has 0 spiro atoms. The second-order valence-electron chi connectivity index (χ2n) is 4.27. The van der Waals surface area contributed by atoms with E-state index in [4.69, 9.17) is 15.1 Å². The lowest BCUT2D eigenvalue weighted by Gasteiger charge is -2.09. The smallest absolute Gasteiger partial charge is 0.328 e. The van der Waals surface area contributed by atoms with Gasteiger partial charge in [0.15, 0.2) is 0 Å². The molecule has 0 unspecified atom stereocenters. The third-order valence-corrected chi connectivity index (χ3v) is 2.68. The van der Waals surface area contributed by atoms with Gasteiger partial charge in [-0.25, -0.2) is 9.78 Å². The summed E-state index contributed by atoms with van der Waals surface area (Å²) in [6.07, 6.45) is 4.01. The van der Waals surface area contributed by atoms with Crippen molar-refractivity contribution in [1.82, 2.24) is 4.98 Å². The number of benzene rings is 1. The zero-order chi connectivity index (χ0) is 15.2. The van der Waals surface area contributed by atoms with E-state index < -0.39 is 5.97 Å². The number of nitrogens with zero attached hydrogens (tertiary/aromatic N) is 2. The molecule has 0 radical (unpaired) electrons. The average molecular weight is 280 g/mol. The highest BCUT2D eigenvalue weighted by atomic mass is 16.5. The fourth-order valence-corrected chi connectivity index (χ4v) is 1.70. The first-order valence-electron chi connectivity index (χ1n) is 6.15. The quantitative estimate of drug-likeness (QED) is 0.870. The number of aromatic nitrogens is 1. The molecule has 0 aliphatic rings. The summed E-state index contributed by atoms with van der Waals surface area (Å²) in [5, 5.41) is 17.6. The summed E-state index contributed by atoms with van der Waals surface area (Å²) in [6.45, 7) is 1.80. The van der Waals surface area contributed by atoms with Crippen molar-refractivity contribution in [2.45, 2.75) is 6.92 Å². The Balaban J connectivity index is 2.26. The molecular weight excluding hydrogens is 268 g/mol. The Morgan fingerprint density at radius 1 is 1.43 bits per heavy atom. The van der Waals surface area contributed by atoms with Gasteiger partial charge in [-0.15, -0.1) is 0 Å². The number of carboxylic acids is 1. The molecule has 1 heterocycles. The van der Waals surface area contributed by atoms with Crippen molar-refractivity contribution in [1.29, 1.82) is 5.26 Å². The van der Waals surface area contributed by atoms with E-state index in [-0.39, 0.29) is 0 Å². The standard InChI is InChI=1S/C16H12N2O3/c1-11-8-12(6-7-15(19)20)10-18-16(11)21-14-5-3-2-4-13(14)9-17/h2-8,10H,1H3,(H,19,20)/b7-6+. The van der Waals surface area contributed by atoms with Crippen LogP contribution in [0.4, 0.5) is 0 Å². The molecule has 1 N–H and O–H groups in total. The van der Waals surface area contributed by atoms with Crippen LogP contribution in [0.25, 0.3) is 6.08 Å². The lowest BCUT2D eigenvalue weighted by atomic mass is 10.2. The van der Waals surface area contributed by atoms with Crippen molar-refractivity contribution in [2.75, 3.05) is 0 Å². The summed E-state index contributed by atoms with van der Waals surface area (Å²) in [5.41, 5.74) is 1.83. The van der Waals surface area contributed by atoms with Crippen LogP contribution in [0.2, 0.25) is 0 Å². The first-order valence-corrected chi connectivity index (χ1v) is 6.15. The molecule has 104 valence electrons. The molecule has 0 amide bonds. The number of hydrogen-bond donors (Lipinski definition) is 1. The molecule has 0 atom stereocenters. The van der Waals surface area contributed by atoms with Crippen LogP contribution in [0.5, 0.6) is 11.6 Å². The minimum absolute atomic E-state index is 0.380.